The maximum atomic E-state index is 12.3. The molecule has 6 nitrogen and oxygen atoms in total. The summed E-state index contributed by atoms with van der Waals surface area (Å²) < 4.78 is 12.3. The smallest absolute Gasteiger partial charge is 0.255 e. The van der Waals surface area contributed by atoms with Crippen LogP contribution < -0.4 is 10.1 Å². The summed E-state index contributed by atoms with van der Waals surface area (Å²) in [5, 5.41) is 2.89. The van der Waals surface area contributed by atoms with Crippen LogP contribution in [0.3, 0.4) is 0 Å². The number of nitrogens with zero attached hydrogens (tertiary/aromatic N) is 2. The van der Waals surface area contributed by atoms with Crippen molar-refractivity contribution in [3.63, 3.8) is 0 Å². The zero-order valence-electron chi connectivity index (χ0n) is 13.1. The summed E-state index contributed by atoms with van der Waals surface area (Å²) in [6, 6.07) is 5.50. The number of aromatic nitrogens is 2. The van der Waals surface area contributed by atoms with Gasteiger partial charge in [0.05, 0.1) is 37.8 Å². The third kappa shape index (κ3) is 3.85. The van der Waals surface area contributed by atoms with Crippen LogP contribution >= 0.6 is 0 Å². The van der Waals surface area contributed by atoms with Crippen LogP contribution in [0.1, 0.15) is 21.6 Å². The van der Waals surface area contributed by atoms with E-state index in [4.69, 9.17) is 9.47 Å². The molecule has 0 bridgehead atoms. The van der Waals surface area contributed by atoms with Gasteiger partial charge in [-0.3, -0.25) is 4.79 Å². The molecule has 0 aliphatic rings. The first-order chi connectivity index (χ1) is 10.7. The van der Waals surface area contributed by atoms with Crippen molar-refractivity contribution in [2.24, 2.45) is 0 Å². The van der Waals surface area contributed by atoms with E-state index < -0.39 is 0 Å². The van der Waals surface area contributed by atoms with Crippen molar-refractivity contribution in [2.75, 3.05) is 20.8 Å². The minimum atomic E-state index is -0.170. The van der Waals surface area contributed by atoms with Crippen LogP contribution in [0.2, 0.25) is 0 Å². The minimum absolute atomic E-state index is 0.170. The second kappa shape index (κ2) is 7.61. The number of carbonyl (C=O) groups is 1. The lowest BCUT2D eigenvalue weighted by Crippen LogP contribution is -2.25. The molecule has 2 rings (SSSR count). The van der Waals surface area contributed by atoms with Crippen molar-refractivity contribution in [2.45, 2.75) is 20.0 Å². The monoisotopic (exact) mass is 303 g/mol. The fourth-order valence-electron chi connectivity index (χ4n) is 2.14. The van der Waals surface area contributed by atoms with Crippen molar-refractivity contribution in [3.8, 4) is 5.75 Å². The van der Waals surface area contributed by atoms with E-state index in [-0.39, 0.29) is 5.91 Å². The zero-order chi connectivity index (χ0) is 15.9. The molecule has 0 unspecified atom stereocenters. The van der Waals surface area contributed by atoms with E-state index in [9.17, 15) is 4.79 Å². The van der Waals surface area contributed by atoms with Crippen molar-refractivity contribution >= 4 is 5.91 Å². The number of carbonyl (C=O) groups excluding carboxylic acids is 1. The highest BCUT2D eigenvalue weighted by Crippen LogP contribution is 2.19. The normalized spacial score (nSPS) is 10.5. The SMILES string of the molecule is COCCn1cncc1CNC(=O)c1ccc(C)cc1OC. The molecule has 1 aromatic heterocycles. The van der Waals surface area contributed by atoms with Crippen LogP contribution in [0.5, 0.6) is 5.75 Å². The molecule has 0 fully saturated rings. The van der Waals surface area contributed by atoms with Gasteiger partial charge in [-0.05, 0) is 24.6 Å². The molecule has 118 valence electrons. The third-order valence-corrected chi connectivity index (χ3v) is 3.37. The largest absolute Gasteiger partial charge is 0.496 e. The van der Waals surface area contributed by atoms with Gasteiger partial charge >= 0.3 is 0 Å². The first kappa shape index (κ1) is 16.0. The lowest BCUT2D eigenvalue weighted by atomic mass is 10.1. The van der Waals surface area contributed by atoms with Crippen LogP contribution in [0.4, 0.5) is 0 Å². The van der Waals surface area contributed by atoms with E-state index >= 15 is 0 Å². The molecular formula is C16H21N3O3. The number of rotatable bonds is 7. The summed E-state index contributed by atoms with van der Waals surface area (Å²) in [5.41, 5.74) is 2.50. The Labute approximate surface area is 130 Å². The first-order valence-electron chi connectivity index (χ1n) is 7.06. The van der Waals surface area contributed by atoms with E-state index in [2.05, 4.69) is 10.3 Å². The number of amides is 1. The number of nitrogens with one attached hydrogen (secondary N) is 1. The molecule has 0 spiro atoms. The molecule has 1 aromatic carbocycles. The van der Waals surface area contributed by atoms with Gasteiger partial charge in [0.1, 0.15) is 5.75 Å². The third-order valence-electron chi connectivity index (χ3n) is 3.37. The van der Waals surface area contributed by atoms with Gasteiger partial charge in [-0.2, -0.15) is 0 Å². The maximum absolute atomic E-state index is 12.3. The second-order valence-corrected chi connectivity index (χ2v) is 4.96. The Bertz CT molecular complexity index is 637. The molecule has 1 heterocycles. The number of ether oxygens (including phenoxy) is 2. The van der Waals surface area contributed by atoms with Gasteiger partial charge in [-0.25, -0.2) is 4.98 Å². The van der Waals surface area contributed by atoms with Crippen LogP contribution in [0, 0.1) is 6.92 Å². The Morgan fingerprint density at radius 3 is 2.91 bits per heavy atom. The van der Waals surface area contributed by atoms with Crippen LogP contribution in [0.25, 0.3) is 0 Å². The summed E-state index contributed by atoms with van der Waals surface area (Å²) in [7, 11) is 3.22. The average molecular weight is 303 g/mol. The molecule has 2 aromatic rings. The minimum Gasteiger partial charge on any atom is -0.496 e. The second-order valence-electron chi connectivity index (χ2n) is 4.96. The Morgan fingerprint density at radius 1 is 1.36 bits per heavy atom. The van der Waals surface area contributed by atoms with Gasteiger partial charge in [-0.1, -0.05) is 6.07 Å². The molecule has 0 saturated carbocycles. The summed E-state index contributed by atoms with van der Waals surface area (Å²) in [5.74, 6) is 0.404. The van der Waals surface area contributed by atoms with E-state index in [1.165, 1.54) is 0 Å². The molecule has 0 aliphatic heterocycles. The summed E-state index contributed by atoms with van der Waals surface area (Å²) in [6.45, 7) is 3.66. The van der Waals surface area contributed by atoms with Crippen molar-refractivity contribution < 1.29 is 14.3 Å². The predicted molar refractivity (Wildman–Crippen MR) is 83.0 cm³/mol. The number of benzene rings is 1. The molecular weight excluding hydrogens is 282 g/mol. The molecule has 0 atom stereocenters. The molecule has 1 amide bonds. The first-order valence-corrected chi connectivity index (χ1v) is 7.06. The summed E-state index contributed by atoms with van der Waals surface area (Å²) in [6.07, 6.45) is 3.47. The van der Waals surface area contributed by atoms with E-state index in [1.54, 1.807) is 32.8 Å². The van der Waals surface area contributed by atoms with Gasteiger partial charge in [0.15, 0.2) is 0 Å². The van der Waals surface area contributed by atoms with Crippen LogP contribution in [-0.2, 0) is 17.8 Å². The van der Waals surface area contributed by atoms with Crippen LogP contribution in [-0.4, -0.2) is 36.3 Å². The van der Waals surface area contributed by atoms with Gasteiger partial charge in [-0.15, -0.1) is 0 Å². The molecule has 1 N–H and O–H groups in total. The average Bonchev–Trinajstić information content (AvgIpc) is 2.97. The molecule has 22 heavy (non-hydrogen) atoms. The summed E-state index contributed by atoms with van der Waals surface area (Å²) >= 11 is 0. The highest BCUT2D eigenvalue weighted by atomic mass is 16.5. The van der Waals surface area contributed by atoms with Gasteiger partial charge in [0.25, 0.3) is 5.91 Å². The highest BCUT2D eigenvalue weighted by molar-refractivity contribution is 5.96. The maximum Gasteiger partial charge on any atom is 0.255 e. The Morgan fingerprint density at radius 2 is 2.18 bits per heavy atom. The number of methoxy groups -OCH3 is 2. The number of hydrogen-bond donors (Lipinski definition) is 1. The van der Waals surface area contributed by atoms with Gasteiger partial charge < -0.3 is 19.4 Å². The lowest BCUT2D eigenvalue weighted by molar-refractivity contribution is 0.0947. The number of imidazole rings is 1. The van der Waals surface area contributed by atoms with E-state index in [0.29, 0.717) is 31.0 Å². The Hall–Kier alpha value is -2.34. The highest BCUT2D eigenvalue weighted by Gasteiger charge is 2.12. The summed E-state index contributed by atoms with van der Waals surface area (Å²) in [4.78, 5) is 16.4. The van der Waals surface area contributed by atoms with E-state index in [1.807, 2.05) is 23.6 Å². The van der Waals surface area contributed by atoms with Crippen molar-refractivity contribution in [1.82, 2.24) is 14.9 Å². The molecule has 0 saturated heterocycles. The van der Waals surface area contributed by atoms with E-state index in [0.717, 1.165) is 11.3 Å². The van der Waals surface area contributed by atoms with Crippen molar-refractivity contribution in [3.05, 3.63) is 47.5 Å². The number of aryl methyl sites for hydroxylation is 1. The molecule has 0 radical (unpaired) electrons. The Balaban J connectivity index is 2.03. The fraction of sp³-hybridized carbons (Fsp3) is 0.375. The quantitative estimate of drug-likeness (QED) is 0.846. The molecule has 0 aliphatic carbocycles. The van der Waals surface area contributed by atoms with Gasteiger partial charge in [0, 0.05) is 19.9 Å². The topological polar surface area (TPSA) is 65.4 Å². The van der Waals surface area contributed by atoms with Crippen LogP contribution in [0.15, 0.2) is 30.7 Å². The predicted octanol–water partition coefficient (Wildman–Crippen LogP) is 1.78. The molecule has 6 heteroatoms. The standard InChI is InChI=1S/C16H21N3O3/c1-12-4-5-14(15(8-12)22-3)16(20)18-10-13-9-17-11-19(13)6-7-21-2/h4-5,8-9,11H,6-7,10H2,1-3H3,(H,18,20). The lowest BCUT2D eigenvalue weighted by Gasteiger charge is -2.11. The number of hydrogen-bond acceptors (Lipinski definition) is 4. The zero-order valence-corrected chi connectivity index (χ0v) is 13.1. The Kier molecular flexibility index (Phi) is 5.55. The van der Waals surface area contributed by atoms with Gasteiger partial charge in [0.2, 0.25) is 0 Å². The van der Waals surface area contributed by atoms with Crippen molar-refractivity contribution in [1.29, 1.82) is 0 Å². The fourth-order valence-corrected chi connectivity index (χ4v) is 2.14.